The molecule has 0 aliphatic heterocycles. The van der Waals surface area contributed by atoms with E-state index in [9.17, 15) is 17.6 Å². The number of hydrogen-bond donors (Lipinski definition) is 0. The summed E-state index contributed by atoms with van der Waals surface area (Å²) >= 11 is 3.44. The molecule has 106 valence electrons. The zero-order valence-electron chi connectivity index (χ0n) is 10.3. The Morgan fingerprint density at radius 2 is 1.45 bits per heavy atom. The molecule has 0 heterocycles. The molecule has 0 nitrogen and oxygen atoms in total. The minimum absolute atomic E-state index is 0.116. The van der Waals surface area contributed by atoms with Crippen molar-refractivity contribution in [1.82, 2.24) is 0 Å². The third kappa shape index (κ3) is 3.82. The lowest BCUT2D eigenvalue weighted by Crippen LogP contribution is -2.05. The van der Waals surface area contributed by atoms with Gasteiger partial charge in [0.2, 0.25) is 0 Å². The molecular formula is C15H11BrF4. The van der Waals surface area contributed by atoms with E-state index in [-0.39, 0.29) is 10.6 Å². The van der Waals surface area contributed by atoms with E-state index in [1.54, 1.807) is 12.1 Å². The van der Waals surface area contributed by atoms with Crippen LogP contribution >= 0.6 is 15.9 Å². The second-order valence-corrected chi connectivity index (χ2v) is 5.52. The van der Waals surface area contributed by atoms with Gasteiger partial charge in [0.25, 0.3) is 0 Å². The van der Waals surface area contributed by atoms with E-state index in [0.29, 0.717) is 6.42 Å². The molecule has 0 spiro atoms. The van der Waals surface area contributed by atoms with Crippen LogP contribution in [0.1, 0.15) is 21.5 Å². The third-order valence-corrected chi connectivity index (χ3v) is 3.78. The van der Waals surface area contributed by atoms with E-state index in [1.807, 2.05) is 0 Å². The summed E-state index contributed by atoms with van der Waals surface area (Å²) < 4.78 is 50.2. The fraction of sp³-hybridized carbons (Fsp3) is 0.200. The minimum Gasteiger partial charge on any atom is -0.207 e. The molecule has 0 aliphatic carbocycles. The van der Waals surface area contributed by atoms with Crippen LogP contribution in [-0.4, -0.2) is 0 Å². The van der Waals surface area contributed by atoms with Crippen molar-refractivity contribution < 1.29 is 17.6 Å². The van der Waals surface area contributed by atoms with Crippen LogP contribution in [0, 0.1) is 5.82 Å². The number of benzene rings is 2. The van der Waals surface area contributed by atoms with Crippen LogP contribution < -0.4 is 0 Å². The first-order chi connectivity index (χ1) is 9.36. The van der Waals surface area contributed by atoms with Gasteiger partial charge >= 0.3 is 6.18 Å². The first-order valence-electron chi connectivity index (χ1n) is 5.92. The number of alkyl halides is 4. The summed E-state index contributed by atoms with van der Waals surface area (Å²) in [5, 5.41) is 0. The van der Waals surface area contributed by atoms with Gasteiger partial charge in [0, 0.05) is 4.83 Å². The molecule has 1 atom stereocenters. The highest BCUT2D eigenvalue weighted by atomic mass is 79.9. The SMILES string of the molecule is Fc1ccc(CC(Br)c2ccc(C(F)(F)F)cc2)cc1. The van der Waals surface area contributed by atoms with Crippen LogP contribution in [0.15, 0.2) is 48.5 Å². The van der Waals surface area contributed by atoms with Crippen molar-refractivity contribution in [1.29, 1.82) is 0 Å². The van der Waals surface area contributed by atoms with Crippen molar-refractivity contribution in [3.63, 3.8) is 0 Å². The van der Waals surface area contributed by atoms with Crippen molar-refractivity contribution in [2.24, 2.45) is 0 Å². The maximum atomic E-state index is 12.8. The predicted molar refractivity (Wildman–Crippen MR) is 73.2 cm³/mol. The van der Waals surface area contributed by atoms with E-state index in [0.717, 1.165) is 23.3 Å². The van der Waals surface area contributed by atoms with Crippen LogP contribution in [0.5, 0.6) is 0 Å². The fourth-order valence-electron chi connectivity index (χ4n) is 1.83. The van der Waals surface area contributed by atoms with E-state index in [1.165, 1.54) is 24.3 Å². The molecule has 5 heteroatoms. The summed E-state index contributed by atoms with van der Waals surface area (Å²) in [5.41, 5.74) is 0.998. The number of rotatable bonds is 3. The zero-order valence-corrected chi connectivity index (χ0v) is 11.9. The molecule has 0 fully saturated rings. The topological polar surface area (TPSA) is 0 Å². The Morgan fingerprint density at radius 3 is 1.95 bits per heavy atom. The summed E-state index contributed by atoms with van der Waals surface area (Å²) in [6, 6.07) is 11.1. The van der Waals surface area contributed by atoms with Gasteiger partial charge in [-0.3, -0.25) is 0 Å². The molecule has 0 saturated carbocycles. The standard InChI is InChI=1S/C15H11BrF4/c16-14(9-10-1-7-13(17)8-2-10)11-3-5-12(6-4-11)15(18,19)20/h1-8,14H,9H2. The second-order valence-electron chi connectivity index (χ2n) is 4.42. The van der Waals surface area contributed by atoms with Gasteiger partial charge in [-0.05, 0) is 41.8 Å². The molecule has 0 aliphatic rings. The van der Waals surface area contributed by atoms with Gasteiger partial charge in [-0.1, -0.05) is 40.2 Å². The zero-order chi connectivity index (χ0) is 14.8. The summed E-state index contributed by atoms with van der Waals surface area (Å²) in [4.78, 5) is -0.116. The van der Waals surface area contributed by atoms with Crippen molar-refractivity contribution in [3.8, 4) is 0 Å². The summed E-state index contributed by atoms with van der Waals surface area (Å²) in [5.74, 6) is -0.311. The molecule has 0 aromatic heterocycles. The summed E-state index contributed by atoms with van der Waals surface area (Å²) in [6.45, 7) is 0. The smallest absolute Gasteiger partial charge is 0.207 e. The lowest BCUT2D eigenvalue weighted by molar-refractivity contribution is -0.137. The van der Waals surface area contributed by atoms with Gasteiger partial charge < -0.3 is 0 Å². The molecule has 1 unspecified atom stereocenters. The van der Waals surface area contributed by atoms with Crippen molar-refractivity contribution in [3.05, 3.63) is 71.0 Å². The monoisotopic (exact) mass is 346 g/mol. The van der Waals surface area contributed by atoms with E-state index < -0.39 is 11.7 Å². The molecule has 0 amide bonds. The third-order valence-electron chi connectivity index (χ3n) is 2.93. The molecular weight excluding hydrogens is 336 g/mol. The van der Waals surface area contributed by atoms with Gasteiger partial charge in [0.05, 0.1) is 5.56 Å². The Balaban J connectivity index is 2.09. The summed E-state index contributed by atoms with van der Waals surface area (Å²) in [7, 11) is 0. The molecule has 20 heavy (non-hydrogen) atoms. The summed E-state index contributed by atoms with van der Waals surface area (Å²) in [6.07, 6.45) is -3.75. The van der Waals surface area contributed by atoms with Gasteiger partial charge in [-0.15, -0.1) is 0 Å². The first kappa shape index (κ1) is 15.0. The van der Waals surface area contributed by atoms with Gasteiger partial charge in [0.1, 0.15) is 5.82 Å². The number of hydrogen-bond acceptors (Lipinski definition) is 0. The number of halogens is 5. The van der Waals surface area contributed by atoms with E-state index in [2.05, 4.69) is 15.9 Å². The quantitative estimate of drug-likeness (QED) is 0.506. The van der Waals surface area contributed by atoms with Crippen LogP contribution in [0.25, 0.3) is 0 Å². The van der Waals surface area contributed by atoms with Gasteiger partial charge in [0.15, 0.2) is 0 Å². The largest absolute Gasteiger partial charge is 0.416 e. The van der Waals surface area contributed by atoms with Crippen LogP contribution in [0.2, 0.25) is 0 Å². The predicted octanol–water partition coefficient (Wildman–Crippen LogP) is 5.52. The van der Waals surface area contributed by atoms with Crippen molar-refractivity contribution in [2.45, 2.75) is 17.4 Å². The lowest BCUT2D eigenvalue weighted by atomic mass is 10.0. The Morgan fingerprint density at radius 1 is 0.900 bits per heavy atom. The normalized spacial score (nSPS) is 13.2. The van der Waals surface area contributed by atoms with Gasteiger partial charge in [-0.2, -0.15) is 13.2 Å². The maximum Gasteiger partial charge on any atom is 0.416 e. The van der Waals surface area contributed by atoms with Crippen LogP contribution in [0.4, 0.5) is 17.6 Å². The van der Waals surface area contributed by atoms with Crippen molar-refractivity contribution >= 4 is 15.9 Å². The highest BCUT2D eigenvalue weighted by molar-refractivity contribution is 9.09. The Bertz CT molecular complexity index is 558. The lowest BCUT2D eigenvalue weighted by Gasteiger charge is -2.12. The highest BCUT2D eigenvalue weighted by Crippen LogP contribution is 2.32. The average Bonchev–Trinajstić information content (AvgIpc) is 2.40. The minimum atomic E-state index is -4.32. The van der Waals surface area contributed by atoms with E-state index >= 15 is 0 Å². The molecule has 2 aromatic rings. The highest BCUT2D eigenvalue weighted by Gasteiger charge is 2.30. The molecule has 2 aromatic carbocycles. The molecule has 0 N–H and O–H groups in total. The molecule has 0 saturated heterocycles. The molecule has 0 bridgehead atoms. The fourth-order valence-corrected chi connectivity index (χ4v) is 2.51. The first-order valence-corrected chi connectivity index (χ1v) is 6.83. The molecule has 0 radical (unpaired) electrons. The average molecular weight is 347 g/mol. The Labute approximate surface area is 122 Å². The van der Waals surface area contributed by atoms with Crippen LogP contribution in [-0.2, 0) is 12.6 Å². The van der Waals surface area contributed by atoms with Gasteiger partial charge in [-0.25, -0.2) is 4.39 Å². The Kier molecular flexibility index (Phi) is 4.48. The van der Waals surface area contributed by atoms with Crippen LogP contribution in [0.3, 0.4) is 0 Å². The maximum absolute atomic E-state index is 12.8. The molecule has 2 rings (SSSR count). The van der Waals surface area contributed by atoms with E-state index in [4.69, 9.17) is 0 Å². The second kappa shape index (κ2) is 5.95. The van der Waals surface area contributed by atoms with Crippen molar-refractivity contribution in [2.75, 3.05) is 0 Å². The Hall–Kier alpha value is -1.36.